The molecule has 0 saturated heterocycles. The van der Waals surface area contributed by atoms with Gasteiger partial charge in [0.1, 0.15) is 5.82 Å². The molecule has 0 saturated carbocycles. The Bertz CT molecular complexity index is 1350. The molecular formula is C26H22N6. The molecule has 0 radical (unpaired) electrons. The first-order valence-corrected chi connectivity index (χ1v) is 10.5. The van der Waals surface area contributed by atoms with Crippen LogP contribution in [0.15, 0.2) is 85.6 Å². The van der Waals surface area contributed by atoms with Crippen molar-refractivity contribution in [3.8, 4) is 22.4 Å². The molecule has 0 aliphatic rings. The van der Waals surface area contributed by atoms with Crippen LogP contribution in [0.1, 0.15) is 11.3 Å². The maximum absolute atomic E-state index is 4.67. The number of hydrogen-bond donors (Lipinski definition) is 1. The summed E-state index contributed by atoms with van der Waals surface area (Å²) >= 11 is 0. The van der Waals surface area contributed by atoms with Crippen LogP contribution in [0.25, 0.3) is 33.2 Å². The topological polar surface area (TPSA) is 76.5 Å². The predicted molar refractivity (Wildman–Crippen MR) is 127 cm³/mol. The van der Waals surface area contributed by atoms with E-state index in [-0.39, 0.29) is 0 Å². The van der Waals surface area contributed by atoms with Crippen molar-refractivity contribution in [3.63, 3.8) is 0 Å². The minimum atomic E-state index is 0.785. The van der Waals surface area contributed by atoms with E-state index in [1.807, 2.05) is 49.8 Å². The Kier molecular flexibility index (Phi) is 5.49. The highest BCUT2D eigenvalue weighted by Crippen LogP contribution is 2.25. The highest BCUT2D eigenvalue weighted by molar-refractivity contribution is 5.93. The maximum atomic E-state index is 4.67. The van der Waals surface area contributed by atoms with E-state index >= 15 is 0 Å². The zero-order valence-electron chi connectivity index (χ0n) is 17.7. The second kappa shape index (κ2) is 8.89. The van der Waals surface area contributed by atoms with Crippen LogP contribution in [0.5, 0.6) is 0 Å². The number of aromatic nitrogens is 5. The summed E-state index contributed by atoms with van der Waals surface area (Å²) in [5.41, 5.74) is 6.45. The number of rotatable bonds is 6. The van der Waals surface area contributed by atoms with Crippen molar-refractivity contribution in [2.45, 2.75) is 13.3 Å². The van der Waals surface area contributed by atoms with Crippen LogP contribution < -0.4 is 5.32 Å². The lowest BCUT2D eigenvalue weighted by Gasteiger charge is -2.10. The molecule has 0 atom stereocenters. The van der Waals surface area contributed by atoms with E-state index in [9.17, 15) is 0 Å². The van der Waals surface area contributed by atoms with Gasteiger partial charge in [0.05, 0.1) is 18.1 Å². The van der Waals surface area contributed by atoms with Gasteiger partial charge in [-0.25, -0.2) is 4.98 Å². The average molecular weight is 419 g/mol. The van der Waals surface area contributed by atoms with Crippen LogP contribution >= 0.6 is 0 Å². The van der Waals surface area contributed by atoms with Gasteiger partial charge >= 0.3 is 0 Å². The minimum Gasteiger partial charge on any atom is -0.369 e. The van der Waals surface area contributed by atoms with Gasteiger partial charge in [0, 0.05) is 47.3 Å². The summed E-state index contributed by atoms with van der Waals surface area (Å²) in [4.78, 5) is 13.5. The Morgan fingerprint density at radius 2 is 1.56 bits per heavy atom. The van der Waals surface area contributed by atoms with Gasteiger partial charge in [-0.1, -0.05) is 24.3 Å². The maximum Gasteiger partial charge on any atom is 0.135 e. The number of anilines is 1. The van der Waals surface area contributed by atoms with Crippen molar-refractivity contribution in [1.29, 1.82) is 0 Å². The van der Waals surface area contributed by atoms with Crippen LogP contribution in [0.2, 0.25) is 0 Å². The summed E-state index contributed by atoms with van der Waals surface area (Å²) in [6.07, 6.45) is 9.93. The third-order valence-electron chi connectivity index (χ3n) is 5.42. The fraction of sp³-hybridized carbons (Fsp3) is 0.115. The van der Waals surface area contributed by atoms with Gasteiger partial charge in [0.15, 0.2) is 0 Å². The number of nitrogens with one attached hydrogen (secondary N) is 1. The van der Waals surface area contributed by atoms with Gasteiger partial charge < -0.3 is 5.32 Å². The fourth-order valence-electron chi connectivity index (χ4n) is 3.72. The fourth-order valence-corrected chi connectivity index (χ4v) is 3.72. The van der Waals surface area contributed by atoms with Crippen LogP contribution in [-0.2, 0) is 6.42 Å². The Labute approximate surface area is 186 Å². The molecule has 0 aliphatic carbocycles. The van der Waals surface area contributed by atoms with Crippen molar-refractivity contribution in [1.82, 2.24) is 25.1 Å². The predicted octanol–water partition coefficient (Wildman–Crippen LogP) is 5.11. The molecule has 5 aromatic rings. The van der Waals surface area contributed by atoms with Gasteiger partial charge in [-0.2, -0.15) is 10.2 Å². The number of nitrogens with zero attached hydrogens (tertiary/aromatic N) is 5. The highest BCUT2D eigenvalue weighted by Gasteiger charge is 2.07. The Hall–Kier alpha value is -4.19. The summed E-state index contributed by atoms with van der Waals surface area (Å²) in [7, 11) is 0. The number of pyridine rings is 3. The van der Waals surface area contributed by atoms with Gasteiger partial charge in [0.25, 0.3) is 0 Å². The summed E-state index contributed by atoms with van der Waals surface area (Å²) in [5.74, 6) is 0.854. The quantitative estimate of drug-likeness (QED) is 0.413. The molecule has 0 unspecified atom stereocenters. The third kappa shape index (κ3) is 4.30. The van der Waals surface area contributed by atoms with Crippen LogP contribution in [0, 0.1) is 6.92 Å². The average Bonchev–Trinajstić information content (AvgIpc) is 2.85. The molecule has 0 bridgehead atoms. The summed E-state index contributed by atoms with van der Waals surface area (Å²) in [6.45, 7) is 2.77. The van der Waals surface area contributed by atoms with Crippen LogP contribution in [0.4, 0.5) is 5.82 Å². The van der Waals surface area contributed by atoms with E-state index in [2.05, 4.69) is 60.8 Å². The SMILES string of the molecule is Cc1cc(-c2cc3ccnc(NCCc4ccc(-c5ccnnc5)cc4)c3cn2)ccn1. The van der Waals surface area contributed by atoms with E-state index in [0.717, 1.165) is 57.6 Å². The Morgan fingerprint density at radius 3 is 2.38 bits per heavy atom. The highest BCUT2D eigenvalue weighted by atomic mass is 15.1. The normalized spacial score (nSPS) is 10.9. The third-order valence-corrected chi connectivity index (χ3v) is 5.42. The standard InChI is InChI=1S/C26H22N6/c1-18-14-22(8-11-27-18)25-15-21-7-12-29-26(24(21)17-30-25)28-10-6-19-2-4-20(5-3-19)23-9-13-31-32-16-23/h2-5,7-9,11-17H,6,10H2,1H3,(H,28,29). The smallest absolute Gasteiger partial charge is 0.135 e. The van der Waals surface area contributed by atoms with Gasteiger partial charge in [0.2, 0.25) is 0 Å². The molecule has 6 nitrogen and oxygen atoms in total. The molecule has 1 N–H and O–H groups in total. The minimum absolute atomic E-state index is 0.785. The first kappa shape index (κ1) is 19.8. The largest absolute Gasteiger partial charge is 0.369 e. The molecule has 1 aromatic carbocycles. The van der Waals surface area contributed by atoms with Crippen molar-refractivity contribution in [3.05, 3.63) is 96.8 Å². The van der Waals surface area contributed by atoms with E-state index in [0.29, 0.717) is 0 Å². The molecule has 0 aliphatic heterocycles. The lowest BCUT2D eigenvalue weighted by atomic mass is 10.0. The van der Waals surface area contributed by atoms with Crippen molar-refractivity contribution >= 4 is 16.6 Å². The van der Waals surface area contributed by atoms with E-state index in [1.165, 1.54) is 5.56 Å². The molecule has 4 heterocycles. The van der Waals surface area contributed by atoms with Gasteiger partial charge in [-0.05, 0) is 60.2 Å². The molecule has 6 heteroatoms. The first-order chi connectivity index (χ1) is 15.8. The molecule has 5 rings (SSSR count). The van der Waals surface area contributed by atoms with E-state index < -0.39 is 0 Å². The molecular weight excluding hydrogens is 396 g/mol. The summed E-state index contributed by atoms with van der Waals surface area (Å²) < 4.78 is 0. The van der Waals surface area contributed by atoms with Crippen LogP contribution in [-0.4, -0.2) is 31.7 Å². The molecule has 32 heavy (non-hydrogen) atoms. The lowest BCUT2D eigenvalue weighted by molar-refractivity contribution is 1.01. The number of aryl methyl sites for hydroxylation is 1. The van der Waals surface area contributed by atoms with Crippen molar-refractivity contribution in [2.75, 3.05) is 11.9 Å². The van der Waals surface area contributed by atoms with E-state index in [4.69, 9.17) is 0 Å². The molecule has 0 amide bonds. The van der Waals surface area contributed by atoms with Crippen molar-refractivity contribution in [2.24, 2.45) is 0 Å². The number of hydrogen-bond acceptors (Lipinski definition) is 6. The molecule has 4 aromatic heterocycles. The summed E-state index contributed by atoms with van der Waals surface area (Å²) in [6, 6.07) is 18.7. The lowest BCUT2D eigenvalue weighted by Crippen LogP contribution is -2.06. The second-order valence-corrected chi connectivity index (χ2v) is 7.64. The molecule has 156 valence electrons. The zero-order chi connectivity index (χ0) is 21.8. The summed E-state index contributed by atoms with van der Waals surface area (Å²) in [5, 5.41) is 13.4. The first-order valence-electron chi connectivity index (χ1n) is 10.5. The monoisotopic (exact) mass is 418 g/mol. The van der Waals surface area contributed by atoms with Gasteiger partial charge in [-0.15, -0.1) is 0 Å². The van der Waals surface area contributed by atoms with Gasteiger partial charge in [-0.3, -0.25) is 9.97 Å². The number of fused-ring (bicyclic) bond motifs is 1. The zero-order valence-corrected chi connectivity index (χ0v) is 17.7. The molecule has 0 spiro atoms. The second-order valence-electron chi connectivity index (χ2n) is 7.64. The van der Waals surface area contributed by atoms with Crippen molar-refractivity contribution < 1.29 is 0 Å². The van der Waals surface area contributed by atoms with Crippen LogP contribution in [0.3, 0.4) is 0 Å². The van der Waals surface area contributed by atoms with E-state index in [1.54, 1.807) is 12.4 Å². The Morgan fingerprint density at radius 1 is 0.719 bits per heavy atom. The number of benzene rings is 1. The molecule has 0 fully saturated rings. The Balaban J connectivity index is 1.28.